The highest BCUT2D eigenvalue weighted by molar-refractivity contribution is 7.92. The molecule has 0 saturated carbocycles. The number of amides is 1. The predicted molar refractivity (Wildman–Crippen MR) is 124 cm³/mol. The van der Waals surface area contributed by atoms with Crippen LogP contribution in [0.25, 0.3) is 0 Å². The van der Waals surface area contributed by atoms with E-state index in [1.807, 2.05) is 0 Å². The van der Waals surface area contributed by atoms with Crippen LogP contribution in [-0.4, -0.2) is 26.9 Å². The number of halogens is 1. The summed E-state index contributed by atoms with van der Waals surface area (Å²) in [5.41, 5.74) is 1.96. The Hall–Kier alpha value is -3.36. The van der Waals surface area contributed by atoms with Crippen molar-refractivity contribution in [2.24, 2.45) is 0 Å². The van der Waals surface area contributed by atoms with Crippen LogP contribution in [0.15, 0.2) is 71.6 Å². The van der Waals surface area contributed by atoms with Crippen molar-refractivity contribution in [3.05, 3.63) is 88.4 Å². The van der Waals surface area contributed by atoms with Gasteiger partial charge in [-0.2, -0.15) is 0 Å². The molecule has 7 nitrogen and oxygen atoms in total. The molecule has 0 aromatic heterocycles. The maximum Gasteiger partial charge on any atom is 0.338 e. The highest BCUT2D eigenvalue weighted by atomic mass is 35.5. The summed E-state index contributed by atoms with van der Waals surface area (Å²) < 4.78 is 32.3. The first kappa shape index (κ1) is 23.3. The lowest BCUT2D eigenvalue weighted by atomic mass is 10.1. The third kappa shape index (κ3) is 5.46. The predicted octanol–water partition coefficient (Wildman–Crippen LogP) is 4.88. The number of carbonyl (C=O) groups is 2. The van der Waals surface area contributed by atoms with Crippen LogP contribution < -0.4 is 10.0 Å². The molecular weight excluding hydrogens is 452 g/mol. The third-order valence-electron chi connectivity index (χ3n) is 4.51. The smallest absolute Gasteiger partial charge is 0.338 e. The lowest BCUT2D eigenvalue weighted by molar-refractivity contribution is 0.0526. The van der Waals surface area contributed by atoms with Crippen molar-refractivity contribution in [2.75, 3.05) is 16.6 Å². The van der Waals surface area contributed by atoms with Crippen LogP contribution in [0.1, 0.15) is 33.2 Å². The molecule has 166 valence electrons. The second-order valence-corrected chi connectivity index (χ2v) is 8.91. The van der Waals surface area contributed by atoms with Crippen molar-refractivity contribution >= 4 is 44.9 Å². The van der Waals surface area contributed by atoms with Crippen molar-refractivity contribution in [2.45, 2.75) is 18.7 Å². The number of rotatable bonds is 7. The normalized spacial score (nSPS) is 11.0. The number of anilines is 2. The van der Waals surface area contributed by atoms with Crippen molar-refractivity contribution in [3.8, 4) is 0 Å². The van der Waals surface area contributed by atoms with Crippen LogP contribution in [0.5, 0.6) is 0 Å². The zero-order valence-corrected chi connectivity index (χ0v) is 19.0. The van der Waals surface area contributed by atoms with E-state index in [0.717, 1.165) is 0 Å². The minimum atomic E-state index is -3.78. The van der Waals surface area contributed by atoms with E-state index >= 15 is 0 Å². The Balaban J connectivity index is 1.75. The quantitative estimate of drug-likeness (QED) is 0.477. The van der Waals surface area contributed by atoms with Gasteiger partial charge in [0.15, 0.2) is 0 Å². The second kappa shape index (κ2) is 9.84. The first-order valence-corrected chi connectivity index (χ1v) is 11.5. The molecular formula is C23H21ClN2O5S. The lowest BCUT2D eigenvalue weighted by Gasteiger charge is -2.12. The molecule has 32 heavy (non-hydrogen) atoms. The number of nitrogens with one attached hydrogen (secondary N) is 2. The topological polar surface area (TPSA) is 102 Å². The molecule has 0 aliphatic carbocycles. The molecule has 0 radical (unpaired) electrons. The third-order valence-corrected chi connectivity index (χ3v) is 6.22. The Morgan fingerprint density at radius 2 is 1.72 bits per heavy atom. The molecule has 0 atom stereocenters. The maximum atomic E-state index is 12.7. The first-order valence-electron chi connectivity index (χ1n) is 9.68. The number of sulfonamides is 1. The number of benzene rings is 3. The molecule has 0 fully saturated rings. The SMILES string of the molecule is CCOC(=O)c1ccc(NC(=O)c2ccc(NS(=O)(=O)c3ccccc3)cc2Cl)c(C)c1. The van der Waals surface area contributed by atoms with E-state index in [9.17, 15) is 18.0 Å². The minimum Gasteiger partial charge on any atom is -0.462 e. The van der Waals surface area contributed by atoms with Crippen LogP contribution in [-0.2, 0) is 14.8 Å². The molecule has 0 aliphatic heterocycles. The van der Waals surface area contributed by atoms with Gasteiger partial charge < -0.3 is 10.1 Å². The van der Waals surface area contributed by atoms with Crippen molar-refractivity contribution in [1.29, 1.82) is 0 Å². The summed E-state index contributed by atoms with van der Waals surface area (Å²) in [6.07, 6.45) is 0. The summed E-state index contributed by atoms with van der Waals surface area (Å²) in [4.78, 5) is 24.7. The fourth-order valence-electron chi connectivity index (χ4n) is 2.91. The van der Waals surface area contributed by atoms with E-state index in [-0.39, 0.29) is 27.8 Å². The van der Waals surface area contributed by atoms with Gasteiger partial charge in [-0.05, 0) is 67.9 Å². The van der Waals surface area contributed by atoms with E-state index in [4.69, 9.17) is 16.3 Å². The Morgan fingerprint density at radius 1 is 1.00 bits per heavy atom. The average Bonchev–Trinajstić information content (AvgIpc) is 2.75. The number of hydrogen-bond donors (Lipinski definition) is 2. The molecule has 0 bridgehead atoms. The molecule has 0 unspecified atom stereocenters. The van der Waals surface area contributed by atoms with Gasteiger partial charge in [0.2, 0.25) is 0 Å². The van der Waals surface area contributed by atoms with Crippen LogP contribution >= 0.6 is 11.6 Å². The summed E-state index contributed by atoms with van der Waals surface area (Å²) in [6, 6.07) is 17.0. The maximum absolute atomic E-state index is 12.7. The lowest BCUT2D eigenvalue weighted by Crippen LogP contribution is -2.15. The molecule has 9 heteroatoms. The number of ether oxygens (including phenoxy) is 1. The van der Waals surface area contributed by atoms with E-state index in [1.165, 1.54) is 30.3 Å². The van der Waals surface area contributed by atoms with Crippen LogP contribution in [0, 0.1) is 6.92 Å². The van der Waals surface area contributed by atoms with Gasteiger partial charge >= 0.3 is 5.97 Å². The highest BCUT2D eigenvalue weighted by Crippen LogP contribution is 2.25. The molecule has 0 saturated heterocycles. The van der Waals surface area contributed by atoms with Gasteiger partial charge in [-0.25, -0.2) is 13.2 Å². The average molecular weight is 473 g/mol. The van der Waals surface area contributed by atoms with Gasteiger partial charge in [0.05, 0.1) is 33.3 Å². The summed E-state index contributed by atoms with van der Waals surface area (Å²) in [7, 11) is -3.78. The van der Waals surface area contributed by atoms with Gasteiger partial charge in [0.25, 0.3) is 15.9 Å². The van der Waals surface area contributed by atoms with E-state index in [2.05, 4.69) is 10.0 Å². The van der Waals surface area contributed by atoms with Crippen molar-refractivity contribution < 1.29 is 22.7 Å². The summed E-state index contributed by atoms with van der Waals surface area (Å²) in [6.45, 7) is 3.74. The zero-order valence-electron chi connectivity index (χ0n) is 17.4. The summed E-state index contributed by atoms with van der Waals surface area (Å²) in [5, 5.41) is 2.83. The molecule has 2 N–H and O–H groups in total. The Labute approximate surface area is 191 Å². The largest absolute Gasteiger partial charge is 0.462 e. The first-order chi connectivity index (χ1) is 15.2. The van der Waals surface area contributed by atoms with Crippen molar-refractivity contribution in [3.63, 3.8) is 0 Å². The molecule has 0 spiro atoms. The molecule has 3 aromatic carbocycles. The monoisotopic (exact) mass is 472 g/mol. The van der Waals surface area contributed by atoms with Gasteiger partial charge in [-0.15, -0.1) is 0 Å². The van der Waals surface area contributed by atoms with Crippen LogP contribution in [0.2, 0.25) is 5.02 Å². The second-order valence-electron chi connectivity index (χ2n) is 6.82. The molecule has 3 aromatic rings. The van der Waals surface area contributed by atoms with Gasteiger partial charge in [-0.1, -0.05) is 29.8 Å². The standard InChI is InChI=1S/C23H21ClN2O5S/c1-3-31-23(28)16-9-12-21(15(2)13-16)25-22(27)19-11-10-17(14-20(19)24)26-32(29,30)18-7-5-4-6-8-18/h4-14,26H,3H2,1-2H3,(H,25,27). The van der Waals surface area contributed by atoms with Crippen LogP contribution in [0.4, 0.5) is 11.4 Å². The minimum absolute atomic E-state index is 0.0801. The van der Waals surface area contributed by atoms with Gasteiger partial charge in [-0.3, -0.25) is 9.52 Å². The molecule has 0 aliphatic rings. The molecule has 0 heterocycles. The fourth-order valence-corrected chi connectivity index (χ4v) is 4.25. The van der Waals surface area contributed by atoms with Gasteiger partial charge in [0, 0.05) is 5.69 Å². The summed E-state index contributed by atoms with van der Waals surface area (Å²) in [5.74, 6) is -0.912. The Kier molecular flexibility index (Phi) is 7.17. The van der Waals surface area contributed by atoms with Gasteiger partial charge in [0.1, 0.15) is 0 Å². The summed E-state index contributed by atoms with van der Waals surface area (Å²) >= 11 is 6.25. The molecule has 1 amide bonds. The number of esters is 1. The van der Waals surface area contributed by atoms with Crippen molar-refractivity contribution in [1.82, 2.24) is 0 Å². The van der Waals surface area contributed by atoms with E-state index in [0.29, 0.717) is 16.8 Å². The Bertz CT molecular complexity index is 1260. The van der Waals surface area contributed by atoms with E-state index < -0.39 is 21.9 Å². The number of hydrogen-bond acceptors (Lipinski definition) is 5. The zero-order chi connectivity index (χ0) is 23.3. The van der Waals surface area contributed by atoms with E-state index in [1.54, 1.807) is 50.2 Å². The number of aryl methyl sites for hydroxylation is 1. The Morgan fingerprint density at radius 3 is 2.34 bits per heavy atom. The fraction of sp³-hybridized carbons (Fsp3) is 0.130. The van der Waals surface area contributed by atoms with Crippen LogP contribution in [0.3, 0.4) is 0 Å². The molecule has 3 rings (SSSR count). The highest BCUT2D eigenvalue weighted by Gasteiger charge is 2.17. The number of carbonyl (C=O) groups excluding carboxylic acids is 2.